The normalized spacial score (nSPS) is 8.50. The van der Waals surface area contributed by atoms with Crippen LogP contribution in [0.15, 0.2) is 17.9 Å². The Kier molecular flexibility index (Phi) is 4.49. The number of halogens is 1. The van der Waals surface area contributed by atoms with Crippen LogP contribution in [0.3, 0.4) is 0 Å². The van der Waals surface area contributed by atoms with Gasteiger partial charge in [0.2, 0.25) is 0 Å². The molecule has 0 aromatic heterocycles. The van der Waals surface area contributed by atoms with Crippen molar-refractivity contribution in [2.45, 2.75) is 0 Å². The molecule has 0 spiro atoms. The fraction of sp³-hybridized carbons (Fsp3) is 0.400. The lowest BCUT2D eigenvalue weighted by atomic mass is 10.5. The number of hydrogen-bond donors (Lipinski definition) is 0. The molecular formula is C5H7ClN2O2. The Morgan fingerprint density at radius 1 is 1.80 bits per heavy atom. The second-order valence-electron chi connectivity index (χ2n) is 1.48. The lowest BCUT2D eigenvalue weighted by Gasteiger charge is -2.06. The fourth-order valence-electron chi connectivity index (χ4n) is 0.372. The van der Waals surface area contributed by atoms with E-state index in [1.165, 1.54) is 6.08 Å². The van der Waals surface area contributed by atoms with E-state index in [9.17, 15) is 9.70 Å². The van der Waals surface area contributed by atoms with Crippen LogP contribution in [-0.2, 0) is 4.79 Å². The monoisotopic (exact) mass is 162 g/mol. The second kappa shape index (κ2) is 4.93. The van der Waals surface area contributed by atoms with Crippen LogP contribution in [0, 0.1) is 4.91 Å². The van der Waals surface area contributed by atoms with E-state index in [4.69, 9.17) is 11.6 Å². The molecule has 10 heavy (non-hydrogen) atoms. The average Bonchev–Trinajstić information content (AvgIpc) is 1.99. The number of nitrogens with zero attached hydrogens (tertiary/aromatic N) is 2. The van der Waals surface area contributed by atoms with Crippen LogP contribution >= 0.6 is 11.6 Å². The van der Waals surface area contributed by atoms with Crippen molar-refractivity contribution in [1.29, 1.82) is 0 Å². The Balaban J connectivity index is 3.91. The Hall–Kier alpha value is -0.900. The third-order valence-electron chi connectivity index (χ3n) is 0.803. The molecule has 0 N–H and O–H groups in total. The van der Waals surface area contributed by atoms with Crippen LogP contribution in [-0.4, -0.2) is 23.3 Å². The first kappa shape index (κ1) is 9.10. The number of hydrogen-bond acceptors (Lipinski definition) is 3. The summed E-state index contributed by atoms with van der Waals surface area (Å²) < 4.78 is 0. The smallest absolute Gasteiger partial charge is 0.260 e. The van der Waals surface area contributed by atoms with Gasteiger partial charge in [-0.15, -0.1) is 23.1 Å². The van der Waals surface area contributed by atoms with Gasteiger partial charge in [0.25, 0.3) is 5.91 Å². The zero-order chi connectivity index (χ0) is 7.98. The van der Waals surface area contributed by atoms with E-state index >= 15 is 0 Å². The molecule has 0 aromatic carbocycles. The molecule has 0 aliphatic heterocycles. The molecule has 0 rings (SSSR count). The molecule has 0 atom stereocenters. The lowest BCUT2D eigenvalue weighted by Crippen LogP contribution is -2.26. The van der Waals surface area contributed by atoms with E-state index in [2.05, 4.69) is 11.9 Å². The highest BCUT2D eigenvalue weighted by Crippen LogP contribution is 1.92. The molecule has 0 radical (unpaired) electrons. The van der Waals surface area contributed by atoms with Crippen LogP contribution in [0.2, 0.25) is 0 Å². The van der Waals surface area contributed by atoms with Crippen molar-refractivity contribution >= 4 is 17.5 Å². The highest BCUT2D eigenvalue weighted by Gasteiger charge is 2.09. The number of rotatable bonds is 4. The molecule has 56 valence electrons. The van der Waals surface area contributed by atoms with Crippen molar-refractivity contribution in [1.82, 2.24) is 5.01 Å². The van der Waals surface area contributed by atoms with Crippen molar-refractivity contribution in [2.24, 2.45) is 5.29 Å². The van der Waals surface area contributed by atoms with Gasteiger partial charge in [-0.1, -0.05) is 6.08 Å². The van der Waals surface area contributed by atoms with Gasteiger partial charge >= 0.3 is 0 Å². The van der Waals surface area contributed by atoms with Gasteiger partial charge in [-0.3, -0.25) is 4.79 Å². The zero-order valence-electron chi connectivity index (χ0n) is 5.29. The van der Waals surface area contributed by atoms with E-state index < -0.39 is 5.91 Å². The van der Waals surface area contributed by atoms with Gasteiger partial charge in [-0.05, 0) is 0 Å². The molecule has 0 aliphatic carbocycles. The van der Waals surface area contributed by atoms with Gasteiger partial charge in [-0.25, -0.2) is 0 Å². The SMILES string of the molecule is C=CCN(N=O)C(=O)CCl. The van der Waals surface area contributed by atoms with Crippen LogP contribution in [0.25, 0.3) is 0 Å². The maximum absolute atomic E-state index is 10.6. The van der Waals surface area contributed by atoms with Crippen molar-refractivity contribution in [3.05, 3.63) is 17.6 Å². The van der Waals surface area contributed by atoms with Crippen LogP contribution in [0.1, 0.15) is 0 Å². The van der Waals surface area contributed by atoms with Crippen molar-refractivity contribution in [3.63, 3.8) is 0 Å². The maximum Gasteiger partial charge on any atom is 0.260 e. The highest BCUT2D eigenvalue weighted by atomic mass is 35.5. The summed E-state index contributed by atoms with van der Waals surface area (Å²) in [7, 11) is 0. The Morgan fingerprint density at radius 2 is 2.40 bits per heavy atom. The molecule has 0 aliphatic rings. The first-order valence-electron chi connectivity index (χ1n) is 2.56. The van der Waals surface area contributed by atoms with E-state index in [0.717, 1.165) is 0 Å². The summed E-state index contributed by atoms with van der Waals surface area (Å²) >= 11 is 5.14. The molecule has 0 fully saturated rings. The third-order valence-corrected chi connectivity index (χ3v) is 1.03. The minimum Gasteiger partial charge on any atom is -0.271 e. The minimum absolute atomic E-state index is 0.106. The number of carbonyl (C=O) groups excluding carboxylic acids is 1. The molecule has 0 bridgehead atoms. The maximum atomic E-state index is 10.6. The number of carbonyl (C=O) groups is 1. The summed E-state index contributed by atoms with van der Waals surface area (Å²) in [6, 6.07) is 0. The molecular weight excluding hydrogens is 156 g/mol. The summed E-state index contributed by atoms with van der Waals surface area (Å²) in [5.74, 6) is -0.754. The summed E-state index contributed by atoms with van der Waals surface area (Å²) in [5, 5.41) is 3.13. The second-order valence-corrected chi connectivity index (χ2v) is 1.75. The van der Waals surface area contributed by atoms with E-state index in [1.54, 1.807) is 0 Å². The molecule has 0 aromatic rings. The van der Waals surface area contributed by atoms with Gasteiger partial charge < -0.3 is 0 Å². The number of alkyl halides is 1. The number of amides is 1. The Labute approximate surface area is 63.4 Å². The van der Waals surface area contributed by atoms with Gasteiger partial charge in [0, 0.05) is 0 Å². The van der Waals surface area contributed by atoms with Crippen molar-refractivity contribution in [3.8, 4) is 0 Å². The topological polar surface area (TPSA) is 49.7 Å². The predicted molar refractivity (Wildman–Crippen MR) is 38.4 cm³/mol. The van der Waals surface area contributed by atoms with Crippen LogP contribution in [0.5, 0.6) is 0 Å². The first-order chi connectivity index (χ1) is 4.76. The van der Waals surface area contributed by atoms with E-state index in [-0.39, 0.29) is 12.4 Å². The quantitative estimate of drug-likeness (QED) is 0.267. The van der Waals surface area contributed by atoms with E-state index in [0.29, 0.717) is 5.01 Å². The standard InChI is InChI=1S/C5H7ClN2O2/c1-2-3-8(7-10)5(9)4-6/h2H,1,3-4H2. The Bertz CT molecular complexity index is 149. The molecule has 0 heterocycles. The third kappa shape index (κ3) is 2.59. The molecule has 5 heteroatoms. The molecule has 0 unspecified atom stereocenters. The minimum atomic E-state index is -0.517. The van der Waals surface area contributed by atoms with Crippen molar-refractivity contribution in [2.75, 3.05) is 12.4 Å². The molecule has 0 saturated heterocycles. The highest BCUT2D eigenvalue weighted by molar-refractivity contribution is 6.27. The van der Waals surface area contributed by atoms with E-state index in [1.807, 2.05) is 0 Å². The molecule has 0 saturated carbocycles. The van der Waals surface area contributed by atoms with Crippen LogP contribution < -0.4 is 0 Å². The summed E-state index contributed by atoms with van der Waals surface area (Å²) in [5.41, 5.74) is 0. The fourth-order valence-corrected chi connectivity index (χ4v) is 0.510. The molecule has 4 nitrogen and oxygen atoms in total. The zero-order valence-corrected chi connectivity index (χ0v) is 6.04. The van der Waals surface area contributed by atoms with Gasteiger partial charge in [0.1, 0.15) is 5.88 Å². The van der Waals surface area contributed by atoms with Gasteiger partial charge in [0.05, 0.1) is 11.8 Å². The van der Waals surface area contributed by atoms with Crippen LogP contribution in [0.4, 0.5) is 0 Å². The first-order valence-corrected chi connectivity index (χ1v) is 3.10. The summed E-state index contributed by atoms with van der Waals surface area (Å²) in [4.78, 5) is 20.4. The average molecular weight is 163 g/mol. The largest absolute Gasteiger partial charge is 0.271 e. The van der Waals surface area contributed by atoms with Crippen molar-refractivity contribution < 1.29 is 4.79 Å². The predicted octanol–water partition coefficient (Wildman–Crippen LogP) is 0.921. The summed E-state index contributed by atoms with van der Waals surface area (Å²) in [6.45, 7) is 3.44. The lowest BCUT2D eigenvalue weighted by molar-refractivity contribution is -0.128. The van der Waals surface area contributed by atoms with Gasteiger partial charge in [-0.2, -0.15) is 5.01 Å². The number of nitroso groups, excluding NO2 is 1. The Morgan fingerprint density at radius 3 is 2.70 bits per heavy atom. The molecule has 1 amide bonds. The summed E-state index contributed by atoms with van der Waals surface area (Å²) in [6.07, 6.45) is 1.39. The van der Waals surface area contributed by atoms with Gasteiger partial charge in [0.15, 0.2) is 0 Å².